The average Bonchev–Trinajstić information content (AvgIpc) is 2.58. The van der Waals surface area contributed by atoms with Crippen LogP contribution in [0.1, 0.15) is 27.0 Å². The summed E-state index contributed by atoms with van der Waals surface area (Å²) in [6.45, 7) is 4.26. The molecule has 0 saturated heterocycles. The summed E-state index contributed by atoms with van der Waals surface area (Å²) in [7, 11) is 4.72. The second-order valence-electron chi connectivity index (χ2n) is 5.52. The lowest BCUT2D eigenvalue weighted by Crippen LogP contribution is -2.24. The molecule has 2 rings (SSSR count). The second kappa shape index (κ2) is 7.73. The molecule has 0 aliphatic rings. The van der Waals surface area contributed by atoms with Gasteiger partial charge in [0.05, 0.1) is 21.3 Å². The first-order chi connectivity index (χ1) is 11.5. The highest BCUT2D eigenvalue weighted by molar-refractivity contribution is 5.95. The Kier molecular flexibility index (Phi) is 5.68. The fourth-order valence-corrected chi connectivity index (χ4v) is 2.57. The Morgan fingerprint density at radius 3 is 2.12 bits per heavy atom. The topological polar surface area (TPSA) is 56.8 Å². The number of nitrogens with one attached hydrogen (secondary N) is 1. The van der Waals surface area contributed by atoms with Gasteiger partial charge in [-0.3, -0.25) is 4.79 Å². The monoisotopic (exact) mass is 329 g/mol. The number of methoxy groups -OCH3 is 3. The van der Waals surface area contributed by atoms with E-state index in [0.717, 1.165) is 16.7 Å². The SMILES string of the molecule is COc1cc(OC)c(OC)cc1CNC(=O)c1ccc(C)cc1C. The van der Waals surface area contributed by atoms with Crippen LogP contribution in [0.3, 0.4) is 0 Å². The van der Waals surface area contributed by atoms with Gasteiger partial charge in [-0.15, -0.1) is 0 Å². The molecule has 0 atom stereocenters. The maximum atomic E-state index is 12.4. The molecule has 5 nitrogen and oxygen atoms in total. The second-order valence-corrected chi connectivity index (χ2v) is 5.52. The van der Waals surface area contributed by atoms with E-state index in [1.165, 1.54) is 0 Å². The Hall–Kier alpha value is -2.69. The molecule has 0 saturated carbocycles. The van der Waals surface area contributed by atoms with Gasteiger partial charge in [-0.1, -0.05) is 17.7 Å². The molecule has 0 aromatic heterocycles. The van der Waals surface area contributed by atoms with E-state index in [0.29, 0.717) is 29.4 Å². The highest BCUT2D eigenvalue weighted by Gasteiger charge is 2.14. The van der Waals surface area contributed by atoms with Crippen LogP contribution in [-0.4, -0.2) is 27.2 Å². The smallest absolute Gasteiger partial charge is 0.251 e. The zero-order chi connectivity index (χ0) is 17.7. The maximum absolute atomic E-state index is 12.4. The zero-order valence-corrected chi connectivity index (χ0v) is 14.7. The van der Waals surface area contributed by atoms with E-state index >= 15 is 0 Å². The average molecular weight is 329 g/mol. The van der Waals surface area contributed by atoms with Crippen LogP contribution in [0.4, 0.5) is 0 Å². The number of amides is 1. The lowest BCUT2D eigenvalue weighted by Gasteiger charge is -2.15. The number of carbonyl (C=O) groups excluding carboxylic acids is 1. The highest BCUT2D eigenvalue weighted by atomic mass is 16.5. The van der Waals surface area contributed by atoms with E-state index in [4.69, 9.17) is 14.2 Å². The Labute approximate surface area is 142 Å². The number of benzene rings is 2. The summed E-state index contributed by atoms with van der Waals surface area (Å²) in [5.41, 5.74) is 3.56. The van der Waals surface area contributed by atoms with Crippen molar-refractivity contribution in [2.45, 2.75) is 20.4 Å². The van der Waals surface area contributed by atoms with Crippen molar-refractivity contribution in [1.29, 1.82) is 0 Å². The van der Waals surface area contributed by atoms with Crippen LogP contribution in [-0.2, 0) is 6.54 Å². The van der Waals surface area contributed by atoms with Gasteiger partial charge in [0, 0.05) is 23.7 Å². The number of aryl methyl sites for hydroxylation is 2. The molecule has 2 aromatic rings. The molecule has 24 heavy (non-hydrogen) atoms. The number of hydrogen-bond acceptors (Lipinski definition) is 4. The molecule has 128 valence electrons. The van der Waals surface area contributed by atoms with Crippen molar-refractivity contribution >= 4 is 5.91 Å². The molecule has 0 spiro atoms. The summed E-state index contributed by atoms with van der Waals surface area (Å²) in [4.78, 5) is 12.4. The normalized spacial score (nSPS) is 10.2. The molecule has 0 bridgehead atoms. The van der Waals surface area contributed by atoms with Crippen LogP contribution < -0.4 is 19.5 Å². The fourth-order valence-electron chi connectivity index (χ4n) is 2.57. The minimum atomic E-state index is -0.121. The quantitative estimate of drug-likeness (QED) is 0.884. The number of rotatable bonds is 6. The van der Waals surface area contributed by atoms with Gasteiger partial charge in [0.15, 0.2) is 11.5 Å². The van der Waals surface area contributed by atoms with Crippen LogP contribution in [0.2, 0.25) is 0 Å². The first kappa shape index (κ1) is 17.7. The van der Waals surface area contributed by atoms with Crippen molar-refractivity contribution in [2.24, 2.45) is 0 Å². The van der Waals surface area contributed by atoms with Gasteiger partial charge < -0.3 is 19.5 Å². The largest absolute Gasteiger partial charge is 0.496 e. The highest BCUT2D eigenvalue weighted by Crippen LogP contribution is 2.34. The van der Waals surface area contributed by atoms with Gasteiger partial charge in [-0.05, 0) is 31.5 Å². The predicted molar refractivity (Wildman–Crippen MR) is 93.2 cm³/mol. The van der Waals surface area contributed by atoms with E-state index < -0.39 is 0 Å². The maximum Gasteiger partial charge on any atom is 0.251 e. The van der Waals surface area contributed by atoms with Crippen LogP contribution in [0, 0.1) is 13.8 Å². The number of hydrogen-bond donors (Lipinski definition) is 1. The summed E-state index contributed by atoms with van der Waals surface area (Å²) in [5, 5.41) is 2.92. The summed E-state index contributed by atoms with van der Waals surface area (Å²) in [6, 6.07) is 9.31. The first-order valence-corrected chi connectivity index (χ1v) is 7.64. The van der Waals surface area contributed by atoms with Crippen LogP contribution >= 0.6 is 0 Å². The van der Waals surface area contributed by atoms with Crippen molar-refractivity contribution in [3.05, 3.63) is 52.6 Å². The summed E-state index contributed by atoms with van der Waals surface area (Å²) >= 11 is 0. The first-order valence-electron chi connectivity index (χ1n) is 7.64. The lowest BCUT2D eigenvalue weighted by molar-refractivity contribution is 0.0950. The standard InChI is InChI=1S/C19H23NO4/c1-12-6-7-15(13(2)8-12)19(21)20-11-14-9-17(23-4)18(24-5)10-16(14)22-3/h6-10H,11H2,1-5H3,(H,20,21). The summed E-state index contributed by atoms with van der Waals surface area (Å²) in [5.74, 6) is 1.69. The zero-order valence-electron chi connectivity index (χ0n) is 14.7. The molecule has 1 N–H and O–H groups in total. The summed E-state index contributed by atoms with van der Waals surface area (Å²) in [6.07, 6.45) is 0. The Morgan fingerprint density at radius 1 is 0.917 bits per heavy atom. The molecule has 0 heterocycles. The lowest BCUT2D eigenvalue weighted by atomic mass is 10.1. The molecule has 0 aliphatic heterocycles. The van der Waals surface area contributed by atoms with Crippen LogP contribution in [0.15, 0.2) is 30.3 Å². The third-order valence-electron chi connectivity index (χ3n) is 3.85. The van der Waals surface area contributed by atoms with E-state index in [9.17, 15) is 4.79 Å². The molecule has 0 radical (unpaired) electrons. The predicted octanol–water partition coefficient (Wildman–Crippen LogP) is 3.26. The van der Waals surface area contributed by atoms with E-state index in [1.807, 2.05) is 32.0 Å². The van der Waals surface area contributed by atoms with E-state index in [1.54, 1.807) is 33.5 Å². The molecule has 5 heteroatoms. The number of carbonyl (C=O) groups is 1. The van der Waals surface area contributed by atoms with Crippen LogP contribution in [0.5, 0.6) is 17.2 Å². The molecule has 0 fully saturated rings. The third-order valence-corrected chi connectivity index (χ3v) is 3.85. The van der Waals surface area contributed by atoms with Gasteiger partial charge in [0.25, 0.3) is 5.91 Å². The van der Waals surface area contributed by atoms with Crippen molar-refractivity contribution < 1.29 is 19.0 Å². The molecule has 0 aliphatic carbocycles. The molecular weight excluding hydrogens is 306 g/mol. The van der Waals surface area contributed by atoms with Gasteiger partial charge in [-0.2, -0.15) is 0 Å². The van der Waals surface area contributed by atoms with E-state index in [-0.39, 0.29) is 5.91 Å². The number of ether oxygens (including phenoxy) is 3. The van der Waals surface area contributed by atoms with Gasteiger partial charge in [0.2, 0.25) is 0 Å². The van der Waals surface area contributed by atoms with Gasteiger partial charge in [0.1, 0.15) is 5.75 Å². The van der Waals surface area contributed by atoms with Crippen molar-refractivity contribution in [2.75, 3.05) is 21.3 Å². The van der Waals surface area contributed by atoms with Crippen LogP contribution in [0.25, 0.3) is 0 Å². The Morgan fingerprint density at radius 2 is 1.54 bits per heavy atom. The fraction of sp³-hybridized carbons (Fsp3) is 0.316. The van der Waals surface area contributed by atoms with Crippen molar-refractivity contribution in [3.8, 4) is 17.2 Å². The van der Waals surface area contributed by atoms with Gasteiger partial charge >= 0.3 is 0 Å². The van der Waals surface area contributed by atoms with Gasteiger partial charge in [-0.25, -0.2) is 0 Å². The molecular formula is C19H23NO4. The Balaban J connectivity index is 2.20. The van der Waals surface area contributed by atoms with Crippen molar-refractivity contribution in [3.63, 3.8) is 0 Å². The Bertz CT molecular complexity index is 740. The third kappa shape index (κ3) is 3.79. The minimum Gasteiger partial charge on any atom is -0.496 e. The molecule has 0 unspecified atom stereocenters. The molecule has 2 aromatic carbocycles. The van der Waals surface area contributed by atoms with Crippen molar-refractivity contribution in [1.82, 2.24) is 5.32 Å². The molecule has 1 amide bonds. The van der Waals surface area contributed by atoms with E-state index in [2.05, 4.69) is 5.32 Å². The minimum absolute atomic E-state index is 0.121. The summed E-state index contributed by atoms with van der Waals surface area (Å²) < 4.78 is 15.9.